The van der Waals surface area contributed by atoms with Gasteiger partial charge in [0.1, 0.15) is 5.78 Å². The smallest absolute Gasteiger partial charge is 0.133 e. The van der Waals surface area contributed by atoms with Crippen molar-refractivity contribution in [2.24, 2.45) is 0 Å². The predicted molar refractivity (Wildman–Crippen MR) is 68.9 cm³/mol. The Labute approximate surface area is 98.9 Å². The van der Waals surface area contributed by atoms with Gasteiger partial charge in [-0.1, -0.05) is 24.6 Å². The second kappa shape index (κ2) is 5.83. The van der Waals surface area contributed by atoms with E-state index in [2.05, 4.69) is 39.8 Å². The first kappa shape index (κ1) is 13.0. The average molecular weight is 218 g/mol. The van der Waals surface area contributed by atoms with Crippen LogP contribution in [0.4, 0.5) is 0 Å². The summed E-state index contributed by atoms with van der Waals surface area (Å²) >= 11 is 0. The molecule has 1 heteroatoms. The minimum absolute atomic E-state index is 0.391. The molecule has 0 aliphatic carbocycles. The summed E-state index contributed by atoms with van der Waals surface area (Å²) < 4.78 is 0. The SMILES string of the molecule is CCCC(=O)CCc1c(C)cc(C)cc1C. The van der Waals surface area contributed by atoms with Gasteiger partial charge >= 0.3 is 0 Å². The Morgan fingerprint density at radius 1 is 1.06 bits per heavy atom. The van der Waals surface area contributed by atoms with Gasteiger partial charge < -0.3 is 0 Å². The molecule has 0 aliphatic heterocycles. The summed E-state index contributed by atoms with van der Waals surface area (Å²) in [4.78, 5) is 11.5. The largest absolute Gasteiger partial charge is 0.300 e. The number of hydrogen-bond acceptors (Lipinski definition) is 1. The lowest BCUT2D eigenvalue weighted by molar-refractivity contribution is -0.119. The fourth-order valence-corrected chi connectivity index (χ4v) is 2.27. The number of Topliss-reactive ketones (excluding diaryl/α,β-unsaturated/α-hetero) is 1. The summed E-state index contributed by atoms with van der Waals surface area (Å²) in [6.07, 6.45) is 3.28. The van der Waals surface area contributed by atoms with Gasteiger partial charge in [0.2, 0.25) is 0 Å². The molecule has 0 N–H and O–H groups in total. The van der Waals surface area contributed by atoms with E-state index < -0.39 is 0 Å². The maximum atomic E-state index is 11.5. The van der Waals surface area contributed by atoms with E-state index in [4.69, 9.17) is 0 Å². The highest BCUT2D eigenvalue weighted by molar-refractivity contribution is 5.78. The van der Waals surface area contributed by atoms with Crippen LogP contribution in [0.5, 0.6) is 0 Å². The first-order valence-electron chi connectivity index (χ1n) is 6.13. The lowest BCUT2D eigenvalue weighted by atomic mass is 9.95. The molecule has 0 saturated heterocycles. The van der Waals surface area contributed by atoms with E-state index in [1.807, 2.05) is 0 Å². The maximum Gasteiger partial charge on any atom is 0.133 e. The highest BCUT2D eigenvalue weighted by Gasteiger charge is 2.06. The minimum atomic E-state index is 0.391. The zero-order chi connectivity index (χ0) is 12.1. The number of hydrogen-bond donors (Lipinski definition) is 0. The Bertz CT molecular complexity index is 354. The van der Waals surface area contributed by atoms with Gasteiger partial charge in [-0.15, -0.1) is 0 Å². The van der Waals surface area contributed by atoms with Crippen molar-refractivity contribution in [3.63, 3.8) is 0 Å². The average Bonchev–Trinajstić information content (AvgIpc) is 2.16. The number of aryl methyl sites for hydroxylation is 3. The standard InChI is InChI=1S/C15H22O/c1-5-6-14(16)7-8-15-12(3)9-11(2)10-13(15)4/h9-10H,5-8H2,1-4H3. The third-order valence-electron chi connectivity index (χ3n) is 3.02. The van der Waals surface area contributed by atoms with Crippen LogP contribution >= 0.6 is 0 Å². The Morgan fingerprint density at radius 3 is 2.12 bits per heavy atom. The molecule has 0 aliphatic rings. The van der Waals surface area contributed by atoms with Crippen LogP contribution in [0, 0.1) is 20.8 Å². The molecule has 0 atom stereocenters. The van der Waals surface area contributed by atoms with Crippen molar-refractivity contribution in [1.82, 2.24) is 0 Å². The van der Waals surface area contributed by atoms with Crippen LogP contribution < -0.4 is 0 Å². The van der Waals surface area contributed by atoms with E-state index in [-0.39, 0.29) is 0 Å². The summed E-state index contributed by atoms with van der Waals surface area (Å²) in [5.41, 5.74) is 5.30. The zero-order valence-electron chi connectivity index (χ0n) is 10.9. The molecule has 1 aromatic carbocycles. The van der Waals surface area contributed by atoms with Crippen LogP contribution in [-0.2, 0) is 11.2 Å². The summed E-state index contributed by atoms with van der Waals surface area (Å²) in [6, 6.07) is 4.40. The molecule has 0 heterocycles. The zero-order valence-corrected chi connectivity index (χ0v) is 10.9. The quantitative estimate of drug-likeness (QED) is 0.732. The summed E-state index contributed by atoms with van der Waals surface area (Å²) in [7, 11) is 0. The van der Waals surface area contributed by atoms with Gasteiger partial charge in [0.25, 0.3) is 0 Å². The molecule has 0 unspecified atom stereocenters. The molecule has 0 aromatic heterocycles. The highest BCUT2D eigenvalue weighted by atomic mass is 16.1. The van der Waals surface area contributed by atoms with Crippen molar-refractivity contribution in [3.8, 4) is 0 Å². The van der Waals surface area contributed by atoms with Crippen molar-refractivity contribution >= 4 is 5.78 Å². The molecule has 1 rings (SSSR count). The first-order valence-corrected chi connectivity index (χ1v) is 6.13. The molecule has 0 bridgehead atoms. The number of carbonyl (C=O) groups is 1. The Morgan fingerprint density at radius 2 is 1.62 bits per heavy atom. The lowest BCUT2D eigenvalue weighted by Crippen LogP contribution is -2.02. The van der Waals surface area contributed by atoms with Gasteiger partial charge in [0.15, 0.2) is 0 Å². The summed E-state index contributed by atoms with van der Waals surface area (Å²) in [5, 5.41) is 0. The molecule has 16 heavy (non-hydrogen) atoms. The normalized spacial score (nSPS) is 10.5. The van der Waals surface area contributed by atoms with Crippen molar-refractivity contribution in [3.05, 3.63) is 34.4 Å². The number of carbonyl (C=O) groups excluding carboxylic acids is 1. The molecule has 0 radical (unpaired) electrons. The fourth-order valence-electron chi connectivity index (χ4n) is 2.27. The van der Waals surface area contributed by atoms with Gasteiger partial charge in [-0.05, 0) is 50.3 Å². The van der Waals surface area contributed by atoms with E-state index in [1.165, 1.54) is 22.3 Å². The second-order valence-corrected chi connectivity index (χ2v) is 4.67. The van der Waals surface area contributed by atoms with Crippen molar-refractivity contribution in [1.29, 1.82) is 0 Å². The Kier molecular flexibility index (Phi) is 4.72. The predicted octanol–water partition coefficient (Wildman–Crippen LogP) is 3.91. The number of ketones is 1. The van der Waals surface area contributed by atoms with Crippen molar-refractivity contribution < 1.29 is 4.79 Å². The van der Waals surface area contributed by atoms with E-state index in [0.29, 0.717) is 12.2 Å². The van der Waals surface area contributed by atoms with Gasteiger partial charge in [-0.3, -0.25) is 4.79 Å². The molecular weight excluding hydrogens is 196 g/mol. The third-order valence-corrected chi connectivity index (χ3v) is 3.02. The molecule has 88 valence electrons. The first-order chi connectivity index (χ1) is 7.54. The van der Waals surface area contributed by atoms with Crippen LogP contribution in [-0.4, -0.2) is 5.78 Å². The van der Waals surface area contributed by atoms with Crippen LogP contribution in [0.1, 0.15) is 48.4 Å². The van der Waals surface area contributed by atoms with E-state index in [9.17, 15) is 4.79 Å². The monoisotopic (exact) mass is 218 g/mol. The number of benzene rings is 1. The highest BCUT2D eigenvalue weighted by Crippen LogP contribution is 2.18. The number of rotatable bonds is 5. The van der Waals surface area contributed by atoms with E-state index >= 15 is 0 Å². The van der Waals surface area contributed by atoms with Gasteiger partial charge in [-0.25, -0.2) is 0 Å². The Balaban J connectivity index is 2.70. The molecular formula is C15H22O. The Hall–Kier alpha value is -1.11. The third kappa shape index (κ3) is 3.48. The summed E-state index contributed by atoms with van der Waals surface area (Å²) in [5.74, 6) is 0.391. The van der Waals surface area contributed by atoms with Crippen molar-refractivity contribution in [2.45, 2.75) is 53.4 Å². The second-order valence-electron chi connectivity index (χ2n) is 4.67. The van der Waals surface area contributed by atoms with Crippen LogP contribution in [0.3, 0.4) is 0 Å². The lowest BCUT2D eigenvalue weighted by Gasteiger charge is -2.10. The van der Waals surface area contributed by atoms with Crippen LogP contribution in [0.25, 0.3) is 0 Å². The van der Waals surface area contributed by atoms with E-state index in [1.54, 1.807) is 0 Å². The maximum absolute atomic E-state index is 11.5. The molecule has 0 saturated carbocycles. The van der Waals surface area contributed by atoms with Gasteiger partial charge in [-0.2, -0.15) is 0 Å². The molecule has 0 amide bonds. The molecule has 0 spiro atoms. The summed E-state index contributed by atoms with van der Waals surface area (Å²) in [6.45, 7) is 8.45. The van der Waals surface area contributed by atoms with E-state index in [0.717, 1.165) is 19.3 Å². The molecule has 1 aromatic rings. The van der Waals surface area contributed by atoms with Gasteiger partial charge in [0.05, 0.1) is 0 Å². The van der Waals surface area contributed by atoms with Crippen LogP contribution in [0.2, 0.25) is 0 Å². The molecule has 1 nitrogen and oxygen atoms in total. The topological polar surface area (TPSA) is 17.1 Å². The molecule has 0 fully saturated rings. The minimum Gasteiger partial charge on any atom is -0.300 e. The van der Waals surface area contributed by atoms with Gasteiger partial charge in [0, 0.05) is 12.8 Å². The fraction of sp³-hybridized carbons (Fsp3) is 0.533. The van der Waals surface area contributed by atoms with Crippen molar-refractivity contribution in [2.75, 3.05) is 0 Å². The van der Waals surface area contributed by atoms with Crippen LogP contribution in [0.15, 0.2) is 12.1 Å².